The summed E-state index contributed by atoms with van der Waals surface area (Å²) in [5.41, 5.74) is 3.20. The largest absolute Gasteiger partial charge is 0.454 e. The molecule has 3 aromatic rings. The molecule has 7 nitrogen and oxygen atoms in total. The van der Waals surface area contributed by atoms with Gasteiger partial charge in [0.05, 0.1) is 16.1 Å². The van der Waals surface area contributed by atoms with Crippen molar-refractivity contribution in [2.24, 2.45) is 0 Å². The molecule has 172 valence electrons. The predicted molar refractivity (Wildman–Crippen MR) is 125 cm³/mol. The number of ether oxygens (including phenoxy) is 1. The fraction of sp³-hybridized carbons (Fsp3) is 0.280. The average Bonchev–Trinajstić information content (AvgIpc) is 3.61. The van der Waals surface area contributed by atoms with E-state index < -0.39 is 16.0 Å². The van der Waals surface area contributed by atoms with Gasteiger partial charge in [-0.05, 0) is 69.2 Å². The van der Waals surface area contributed by atoms with E-state index in [9.17, 15) is 18.0 Å². The van der Waals surface area contributed by atoms with Crippen LogP contribution in [-0.4, -0.2) is 38.4 Å². The zero-order valence-corrected chi connectivity index (χ0v) is 19.6. The highest BCUT2D eigenvalue weighted by Gasteiger charge is 2.28. The Morgan fingerprint density at radius 1 is 1.03 bits per heavy atom. The number of ketones is 1. The first-order chi connectivity index (χ1) is 15.7. The summed E-state index contributed by atoms with van der Waals surface area (Å²) < 4.78 is 34.3. The average molecular weight is 467 g/mol. The number of anilines is 1. The summed E-state index contributed by atoms with van der Waals surface area (Å²) in [5, 5.41) is 0. The molecule has 0 radical (unpaired) electrons. The van der Waals surface area contributed by atoms with Crippen LogP contribution >= 0.6 is 0 Å². The van der Waals surface area contributed by atoms with Gasteiger partial charge >= 0.3 is 5.97 Å². The second-order valence-electron chi connectivity index (χ2n) is 8.22. The Hall–Kier alpha value is -3.39. The number of esters is 1. The van der Waals surface area contributed by atoms with Crippen molar-refractivity contribution in [3.63, 3.8) is 0 Å². The zero-order valence-electron chi connectivity index (χ0n) is 18.8. The van der Waals surface area contributed by atoms with Gasteiger partial charge < -0.3 is 9.30 Å². The number of hydrogen-bond acceptors (Lipinski definition) is 5. The van der Waals surface area contributed by atoms with E-state index in [-0.39, 0.29) is 22.8 Å². The maximum Gasteiger partial charge on any atom is 0.338 e. The van der Waals surface area contributed by atoms with Gasteiger partial charge in [-0.3, -0.25) is 9.10 Å². The van der Waals surface area contributed by atoms with E-state index in [2.05, 4.69) is 4.57 Å². The van der Waals surface area contributed by atoms with E-state index in [1.165, 1.54) is 35.6 Å². The number of carbonyl (C=O) groups is 2. The van der Waals surface area contributed by atoms with Crippen molar-refractivity contribution in [2.75, 3.05) is 18.0 Å². The van der Waals surface area contributed by atoms with Crippen molar-refractivity contribution in [1.29, 1.82) is 0 Å². The first-order valence-corrected chi connectivity index (χ1v) is 12.2. The molecule has 33 heavy (non-hydrogen) atoms. The summed E-state index contributed by atoms with van der Waals surface area (Å²) in [6.45, 7) is 3.51. The van der Waals surface area contributed by atoms with Crippen LogP contribution in [0.15, 0.2) is 65.6 Å². The molecule has 1 saturated carbocycles. The van der Waals surface area contributed by atoms with Crippen molar-refractivity contribution in [2.45, 2.75) is 37.6 Å². The fourth-order valence-electron chi connectivity index (χ4n) is 3.94. The number of benzene rings is 2. The van der Waals surface area contributed by atoms with E-state index in [0.29, 0.717) is 17.3 Å². The molecule has 0 saturated heterocycles. The van der Waals surface area contributed by atoms with Crippen molar-refractivity contribution in [3.8, 4) is 0 Å². The van der Waals surface area contributed by atoms with Crippen molar-refractivity contribution in [3.05, 3.63) is 83.2 Å². The molecule has 0 unspecified atom stereocenters. The van der Waals surface area contributed by atoms with Gasteiger partial charge in [-0.25, -0.2) is 13.2 Å². The predicted octanol–water partition coefficient (Wildman–Crippen LogP) is 4.30. The number of rotatable bonds is 8. The Balaban J connectivity index is 1.41. The first-order valence-electron chi connectivity index (χ1n) is 10.7. The smallest absolute Gasteiger partial charge is 0.338 e. The molecule has 0 aliphatic heterocycles. The molecular formula is C25H26N2O5S. The lowest BCUT2D eigenvalue weighted by Gasteiger charge is -2.19. The molecule has 0 amide bonds. The van der Waals surface area contributed by atoms with Crippen LogP contribution in [-0.2, 0) is 14.8 Å². The Labute approximate surface area is 193 Å². The number of aromatic nitrogens is 1. The third kappa shape index (κ3) is 4.57. The molecule has 1 fully saturated rings. The van der Waals surface area contributed by atoms with Crippen LogP contribution in [0.25, 0.3) is 0 Å². The SMILES string of the molecule is Cc1cc(C(=O)COC(=O)c2ccc(S(=O)(=O)N(C)c3ccccc3)cc2)c(C)n1C1CC1. The van der Waals surface area contributed by atoms with Gasteiger partial charge in [0.2, 0.25) is 5.78 Å². The minimum absolute atomic E-state index is 0.0500. The highest BCUT2D eigenvalue weighted by molar-refractivity contribution is 7.92. The van der Waals surface area contributed by atoms with Crippen LogP contribution in [0.5, 0.6) is 0 Å². The van der Waals surface area contributed by atoms with Gasteiger partial charge in [0.15, 0.2) is 6.61 Å². The fourth-order valence-corrected chi connectivity index (χ4v) is 5.14. The quantitative estimate of drug-likeness (QED) is 0.365. The molecule has 0 bridgehead atoms. The number of para-hydroxylation sites is 1. The molecular weight excluding hydrogens is 440 g/mol. The molecule has 1 aliphatic carbocycles. The highest BCUT2D eigenvalue weighted by Crippen LogP contribution is 2.38. The molecule has 0 atom stereocenters. The van der Waals surface area contributed by atoms with E-state index in [1.54, 1.807) is 30.3 Å². The number of sulfonamides is 1. The Morgan fingerprint density at radius 3 is 2.27 bits per heavy atom. The standard InChI is InChI=1S/C25H26N2O5S/c1-17-15-23(18(2)27(17)21-11-12-21)24(28)16-32-25(29)19-9-13-22(14-10-19)33(30,31)26(3)20-7-5-4-6-8-20/h4-10,13-15,21H,11-12,16H2,1-3H3. The van der Waals surface area contributed by atoms with E-state index >= 15 is 0 Å². The topological polar surface area (TPSA) is 85.7 Å². The summed E-state index contributed by atoms with van der Waals surface area (Å²) in [7, 11) is -2.31. The molecule has 1 aliphatic rings. The van der Waals surface area contributed by atoms with Crippen molar-refractivity contribution < 1.29 is 22.7 Å². The molecule has 4 rings (SSSR count). The zero-order chi connectivity index (χ0) is 23.8. The molecule has 8 heteroatoms. The van der Waals surface area contributed by atoms with Crippen LogP contribution in [0, 0.1) is 13.8 Å². The minimum atomic E-state index is -3.78. The van der Waals surface area contributed by atoms with E-state index in [4.69, 9.17) is 4.74 Å². The molecule has 1 aromatic heterocycles. The molecule has 1 heterocycles. The summed E-state index contributed by atoms with van der Waals surface area (Å²) in [6.07, 6.45) is 2.23. The minimum Gasteiger partial charge on any atom is -0.454 e. The van der Waals surface area contributed by atoms with Crippen LogP contribution in [0.3, 0.4) is 0 Å². The van der Waals surface area contributed by atoms with Crippen molar-refractivity contribution in [1.82, 2.24) is 4.57 Å². The van der Waals surface area contributed by atoms with Crippen LogP contribution in [0.2, 0.25) is 0 Å². The monoisotopic (exact) mass is 466 g/mol. The molecule has 0 spiro atoms. The summed E-state index contributed by atoms with van der Waals surface area (Å²) in [6, 6.07) is 16.5. The lowest BCUT2D eigenvalue weighted by atomic mass is 10.1. The van der Waals surface area contributed by atoms with Crippen LogP contribution < -0.4 is 4.31 Å². The third-order valence-corrected chi connectivity index (χ3v) is 7.70. The van der Waals surface area contributed by atoms with Gasteiger partial charge in [0, 0.05) is 30.0 Å². The normalized spacial score (nSPS) is 13.5. The van der Waals surface area contributed by atoms with Crippen LogP contribution in [0.4, 0.5) is 5.69 Å². The van der Waals surface area contributed by atoms with Gasteiger partial charge in [-0.1, -0.05) is 18.2 Å². The van der Waals surface area contributed by atoms with Gasteiger partial charge in [0.25, 0.3) is 10.0 Å². The second-order valence-corrected chi connectivity index (χ2v) is 10.2. The highest BCUT2D eigenvalue weighted by atomic mass is 32.2. The summed E-state index contributed by atoms with van der Waals surface area (Å²) in [5.74, 6) is -0.938. The Bertz CT molecular complexity index is 1290. The number of Topliss-reactive ketones (excluding diaryl/α,β-unsaturated/α-hetero) is 1. The lowest BCUT2D eigenvalue weighted by Crippen LogP contribution is -2.26. The second kappa shape index (κ2) is 8.86. The van der Waals surface area contributed by atoms with Gasteiger partial charge in [-0.15, -0.1) is 0 Å². The third-order valence-electron chi connectivity index (χ3n) is 5.90. The maximum atomic E-state index is 12.9. The van der Waals surface area contributed by atoms with E-state index in [0.717, 1.165) is 24.2 Å². The number of carbonyl (C=O) groups excluding carboxylic acids is 2. The molecule has 2 aromatic carbocycles. The van der Waals surface area contributed by atoms with E-state index in [1.807, 2.05) is 19.9 Å². The number of aryl methyl sites for hydroxylation is 1. The maximum absolute atomic E-state index is 12.9. The Kier molecular flexibility index (Phi) is 6.12. The number of hydrogen-bond donors (Lipinski definition) is 0. The number of nitrogens with zero attached hydrogens (tertiary/aromatic N) is 2. The van der Waals surface area contributed by atoms with Crippen molar-refractivity contribution >= 4 is 27.5 Å². The summed E-state index contributed by atoms with van der Waals surface area (Å²) in [4.78, 5) is 25.1. The summed E-state index contributed by atoms with van der Waals surface area (Å²) >= 11 is 0. The van der Waals surface area contributed by atoms with Gasteiger partial charge in [-0.2, -0.15) is 0 Å². The van der Waals surface area contributed by atoms with Crippen LogP contribution in [0.1, 0.15) is 51.0 Å². The van der Waals surface area contributed by atoms with Gasteiger partial charge in [0.1, 0.15) is 0 Å². The lowest BCUT2D eigenvalue weighted by molar-refractivity contribution is 0.0474. The molecule has 0 N–H and O–H groups in total. The first kappa shape index (κ1) is 22.8. The Morgan fingerprint density at radius 2 is 1.67 bits per heavy atom.